The predicted molar refractivity (Wildman–Crippen MR) is 131 cm³/mol. The molecule has 0 spiro atoms. The van der Waals surface area contributed by atoms with Crippen molar-refractivity contribution in [1.82, 2.24) is 14.8 Å². The zero-order chi connectivity index (χ0) is 24.3. The third kappa shape index (κ3) is 5.81. The van der Waals surface area contributed by atoms with Gasteiger partial charge < -0.3 is 19.4 Å². The fraction of sp³-hybridized carbons (Fsp3) is 0.333. The maximum atomic E-state index is 12.5. The maximum absolute atomic E-state index is 12.5. The molecule has 0 saturated carbocycles. The Morgan fingerprint density at radius 3 is 2.67 bits per heavy atom. The van der Waals surface area contributed by atoms with E-state index < -0.39 is 12.1 Å². The molecule has 1 amide bonds. The zero-order valence-corrected chi connectivity index (χ0v) is 21.7. The number of nitrogens with zero attached hydrogens (tertiary/aromatic N) is 3. The van der Waals surface area contributed by atoms with E-state index in [9.17, 15) is 9.59 Å². The molecule has 8 nitrogen and oxygen atoms in total. The van der Waals surface area contributed by atoms with Crippen molar-refractivity contribution < 1.29 is 19.1 Å². The molecule has 0 fully saturated rings. The van der Waals surface area contributed by atoms with Gasteiger partial charge in [0.1, 0.15) is 10.8 Å². The van der Waals surface area contributed by atoms with Crippen LogP contribution in [0.3, 0.4) is 0 Å². The number of thiophene rings is 1. The minimum absolute atomic E-state index is 0.0842. The van der Waals surface area contributed by atoms with Crippen LogP contribution in [0.25, 0.3) is 0 Å². The number of benzene rings is 1. The van der Waals surface area contributed by atoms with Gasteiger partial charge in [-0.15, -0.1) is 21.5 Å². The van der Waals surface area contributed by atoms with E-state index in [0.29, 0.717) is 37.3 Å². The largest absolute Gasteiger partial charge is 0.481 e. The zero-order valence-electron chi connectivity index (χ0n) is 18.6. The lowest BCUT2D eigenvalue weighted by molar-refractivity contribution is -0.113. The molecule has 0 saturated heterocycles. The highest BCUT2D eigenvalue weighted by molar-refractivity contribution is 7.99. The molecular weight excluding hydrogens is 507 g/mol. The molecule has 0 radical (unpaired) electrons. The molecule has 1 atom stereocenters. The lowest BCUT2D eigenvalue weighted by atomic mass is 10.1. The van der Waals surface area contributed by atoms with Crippen molar-refractivity contribution in [2.24, 2.45) is 7.05 Å². The molecule has 0 aliphatic heterocycles. The average molecular weight is 529 g/mol. The Bertz CT molecular complexity index is 1200. The lowest BCUT2D eigenvalue weighted by Crippen LogP contribution is -2.16. The van der Waals surface area contributed by atoms with Crippen LogP contribution < -0.4 is 10.1 Å². The summed E-state index contributed by atoms with van der Waals surface area (Å²) < 4.78 is 12.5. The minimum atomic E-state index is -0.479. The Morgan fingerprint density at radius 2 is 2.00 bits per heavy atom. The van der Waals surface area contributed by atoms with Gasteiger partial charge in [-0.2, -0.15) is 0 Å². The quantitative estimate of drug-likeness (QED) is 0.306. The van der Waals surface area contributed by atoms with Gasteiger partial charge in [-0.3, -0.25) is 4.79 Å². The van der Waals surface area contributed by atoms with E-state index in [0.717, 1.165) is 10.4 Å². The Hall–Kier alpha value is -2.27. The van der Waals surface area contributed by atoms with Crippen LogP contribution in [0.15, 0.2) is 23.4 Å². The Balaban J connectivity index is 1.64. The lowest BCUT2D eigenvalue weighted by Gasteiger charge is -2.15. The molecule has 2 heterocycles. The van der Waals surface area contributed by atoms with E-state index in [4.69, 9.17) is 32.7 Å². The highest BCUT2D eigenvalue weighted by Gasteiger charge is 2.23. The van der Waals surface area contributed by atoms with E-state index >= 15 is 0 Å². The van der Waals surface area contributed by atoms with Crippen LogP contribution in [0.4, 0.5) is 5.00 Å². The van der Waals surface area contributed by atoms with Crippen LogP contribution in [0, 0.1) is 13.8 Å². The van der Waals surface area contributed by atoms with E-state index in [1.165, 1.54) is 30.2 Å². The Morgan fingerprint density at radius 1 is 1.27 bits per heavy atom. The van der Waals surface area contributed by atoms with Gasteiger partial charge in [0.25, 0.3) is 0 Å². The number of anilines is 1. The minimum Gasteiger partial charge on any atom is -0.481 e. The number of esters is 1. The van der Waals surface area contributed by atoms with E-state index in [1.807, 2.05) is 20.8 Å². The second kappa shape index (κ2) is 10.8. The summed E-state index contributed by atoms with van der Waals surface area (Å²) in [5, 5.41) is 13.1. The number of nitrogens with one attached hydrogen (secondary N) is 1. The molecule has 176 valence electrons. The standard InChI is InChI=1S/C21H22Cl2N4O4S2/c1-10-12(3)33-19(17(10)20(29)30-5)24-16(28)9-32-21-26-25-18(27(21)4)11(2)31-15-7-6-13(22)8-14(15)23/h6-8,11H,9H2,1-5H3,(H,24,28). The number of ether oxygens (including phenoxy) is 2. The molecule has 2 aromatic heterocycles. The number of rotatable bonds is 8. The number of carbonyl (C=O) groups is 2. The third-order valence-electron chi connectivity index (χ3n) is 4.79. The van der Waals surface area contributed by atoms with Gasteiger partial charge in [0.2, 0.25) is 5.91 Å². The molecule has 12 heteroatoms. The SMILES string of the molecule is COC(=O)c1c(NC(=O)CSc2nnc(C(C)Oc3ccc(Cl)cc3Cl)n2C)sc(C)c1C. The van der Waals surface area contributed by atoms with Crippen molar-refractivity contribution in [2.45, 2.75) is 32.0 Å². The van der Waals surface area contributed by atoms with Crippen LogP contribution in [0.2, 0.25) is 10.0 Å². The van der Waals surface area contributed by atoms with Gasteiger partial charge in [-0.1, -0.05) is 35.0 Å². The monoisotopic (exact) mass is 528 g/mol. The molecule has 1 unspecified atom stereocenters. The topological polar surface area (TPSA) is 95.3 Å². The summed E-state index contributed by atoms with van der Waals surface area (Å²) in [7, 11) is 3.10. The van der Waals surface area contributed by atoms with E-state index in [1.54, 1.807) is 29.8 Å². The van der Waals surface area contributed by atoms with Crippen LogP contribution in [0.5, 0.6) is 5.75 Å². The van der Waals surface area contributed by atoms with Crippen LogP contribution in [-0.2, 0) is 16.6 Å². The first-order chi connectivity index (χ1) is 15.6. The number of thioether (sulfide) groups is 1. The van der Waals surface area contributed by atoms with Crippen molar-refractivity contribution >= 4 is 63.2 Å². The molecule has 3 aromatic rings. The van der Waals surface area contributed by atoms with Crippen molar-refractivity contribution in [1.29, 1.82) is 0 Å². The first-order valence-corrected chi connectivity index (χ1v) is 12.3. The number of methoxy groups -OCH3 is 1. The summed E-state index contributed by atoms with van der Waals surface area (Å²) in [6.45, 7) is 5.54. The molecule has 1 aromatic carbocycles. The summed E-state index contributed by atoms with van der Waals surface area (Å²) in [4.78, 5) is 25.6. The van der Waals surface area contributed by atoms with Crippen LogP contribution in [-0.4, -0.2) is 39.5 Å². The summed E-state index contributed by atoms with van der Waals surface area (Å²) in [5.41, 5.74) is 1.17. The average Bonchev–Trinajstić information content (AvgIpc) is 3.26. The number of aromatic nitrogens is 3. The highest BCUT2D eigenvalue weighted by Crippen LogP contribution is 2.34. The molecule has 0 aliphatic rings. The molecule has 3 rings (SSSR count). The number of hydrogen-bond donors (Lipinski definition) is 1. The molecular formula is C21H22Cl2N4O4S2. The Kier molecular flexibility index (Phi) is 8.28. The van der Waals surface area contributed by atoms with E-state index in [-0.39, 0.29) is 11.7 Å². The second-order valence-corrected chi connectivity index (χ2v) is 10.1. The molecule has 33 heavy (non-hydrogen) atoms. The normalized spacial score (nSPS) is 11.8. The van der Waals surface area contributed by atoms with Crippen LogP contribution in [0.1, 0.15) is 39.7 Å². The summed E-state index contributed by atoms with van der Waals surface area (Å²) in [5.74, 6) is 0.385. The van der Waals surface area contributed by atoms with Crippen molar-refractivity contribution in [3.8, 4) is 5.75 Å². The second-order valence-electron chi connectivity index (χ2n) is 7.05. The fourth-order valence-electron chi connectivity index (χ4n) is 2.98. The first-order valence-electron chi connectivity index (χ1n) is 9.74. The van der Waals surface area contributed by atoms with Crippen molar-refractivity contribution in [2.75, 3.05) is 18.2 Å². The summed E-state index contributed by atoms with van der Waals surface area (Å²) in [6, 6.07) is 4.98. The number of halogens is 2. The van der Waals surface area contributed by atoms with Crippen molar-refractivity contribution in [3.63, 3.8) is 0 Å². The maximum Gasteiger partial charge on any atom is 0.341 e. The number of carbonyl (C=O) groups excluding carboxylic acids is 2. The van der Waals surface area contributed by atoms with E-state index in [2.05, 4.69) is 15.5 Å². The number of aryl methyl sites for hydroxylation is 1. The Labute approximate surface area is 209 Å². The van der Waals surface area contributed by atoms with Gasteiger partial charge >= 0.3 is 5.97 Å². The van der Waals surface area contributed by atoms with Gasteiger partial charge in [0, 0.05) is 16.9 Å². The fourth-order valence-corrected chi connectivity index (χ4v) is 5.21. The van der Waals surface area contributed by atoms with Crippen LogP contribution >= 0.6 is 46.3 Å². The van der Waals surface area contributed by atoms with Crippen molar-refractivity contribution in [3.05, 3.63) is 50.1 Å². The molecule has 0 bridgehead atoms. The van der Waals surface area contributed by atoms with Gasteiger partial charge in [-0.05, 0) is 44.5 Å². The summed E-state index contributed by atoms with van der Waals surface area (Å²) >= 11 is 14.7. The third-order valence-corrected chi connectivity index (χ3v) is 7.46. The molecule has 0 aliphatic carbocycles. The highest BCUT2D eigenvalue weighted by atomic mass is 35.5. The van der Waals surface area contributed by atoms with Gasteiger partial charge in [0.05, 0.1) is 23.4 Å². The summed E-state index contributed by atoms with van der Waals surface area (Å²) in [6.07, 6.45) is -0.441. The smallest absolute Gasteiger partial charge is 0.341 e. The number of hydrogen-bond acceptors (Lipinski definition) is 8. The predicted octanol–water partition coefficient (Wildman–Crippen LogP) is 5.46. The van der Waals surface area contributed by atoms with Gasteiger partial charge in [-0.25, -0.2) is 4.79 Å². The van der Waals surface area contributed by atoms with Gasteiger partial charge in [0.15, 0.2) is 17.1 Å². The first kappa shape index (κ1) is 25.4. The number of amides is 1. The molecule has 1 N–H and O–H groups in total.